The molecule has 0 amide bonds. The molecule has 3 heteroatoms. The first-order valence-electron chi connectivity index (χ1n) is 13.5. The number of aromatic nitrogens is 3. The molecule has 0 N–H and O–H groups in total. The first-order valence-corrected chi connectivity index (χ1v) is 13.5. The van der Waals surface area contributed by atoms with Crippen LogP contribution in [-0.2, 0) is 0 Å². The fourth-order valence-corrected chi connectivity index (χ4v) is 5.70. The lowest BCUT2D eigenvalue weighted by molar-refractivity contribution is 1.31. The Balaban J connectivity index is 1.33. The SMILES string of the molecule is c1ccc(-c2cc(-c3ccc4ccc5ccc(-c6cc7ccccc7c7ccccc67)nc5c4n3)ccn2)cc1. The van der Waals surface area contributed by atoms with Crippen LogP contribution >= 0.6 is 0 Å². The summed E-state index contributed by atoms with van der Waals surface area (Å²) in [5.41, 5.74) is 7.85. The molecule has 0 radical (unpaired) electrons. The van der Waals surface area contributed by atoms with E-state index in [1.165, 1.54) is 21.5 Å². The first kappa shape index (κ1) is 22.6. The van der Waals surface area contributed by atoms with E-state index in [0.717, 1.165) is 55.6 Å². The standard InChI is InChI=1S/C37H23N3/c1-2-8-24(9-3-1)35-23-28(20-21-38-35)33-18-16-25-14-15-26-17-19-34(40-37(26)36(25)39-33)32-22-27-10-4-5-11-29(27)30-12-6-7-13-31(30)32/h1-23H. The van der Waals surface area contributed by atoms with Crippen LogP contribution in [-0.4, -0.2) is 15.0 Å². The van der Waals surface area contributed by atoms with Gasteiger partial charge in [0.15, 0.2) is 0 Å². The molecular formula is C37H23N3. The fourth-order valence-electron chi connectivity index (χ4n) is 5.70. The van der Waals surface area contributed by atoms with Gasteiger partial charge >= 0.3 is 0 Å². The molecule has 0 fully saturated rings. The lowest BCUT2D eigenvalue weighted by atomic mass is 9.95. The van der Waals surface area contributed by atoms with Crippen molar-refractivity contribution in [3.05, 3.63) is 140 Å². The highest BCUT2D eigenvalue weighted by molar-refractivity contribution is 6.14. The van der Waals surface area contributed by atoms with Gasteiger partial charge in [-0.25, -0.2) is 9.97 Å². The lowest BCUT2D eigenvalue weighted by Crippen LogP contribution is -1.92. The molecule has 40 heavy (non-hydrogen) atoms. The van der Waals surface area contributed by atoms with E-state index in [2.05, 4.69) is 114 Å². The summed E-state index contributed by atoms with van der Waals surface area (Å²) in [5, 5.41) is 7.05. The summed E-state index contributed by atoms with van der Waals surface area (Å²) in [4.78, 5) is 15.0. The predicted molar refractivity (Wildman–Crippen MR) is 166 cm³/mol. The topological polar surface area (TPSA) is 38.7 Å². The molecular weight excluding hydrogens is 486 g/mol. The monoisotopic (exact) mass is 509 g/mol. The smallest absolute Gasteiger partial charge is 0.0972 e. The van der Waals surface area contributed by atoms with Crippen molar-refractivity contribution in [3.63, 3.8) is 0 Å². The zero-order valence-electron chi connectivity index (χ0n) is 21.6. The van der Waals surface area contributed by atoms with Crippen LogP contribution in [0.1, 0.15) is 0 Å². The summed E-state index contributed by atoms with van der Waals surface area (Å²) in [6.45, 7) is 0. The Morgan fingerprint density at radius 2 is 1.00 bits per heavy atom. The summed E-state index contributed by atoms with van der Waals surface area (Å²) < 4.78 is 0. The number of hydrogen-bond donors (Lipinski definition) is 0. The van der Waals surface area contributed by atoms with Gasteiger partial charge in [-0.1, -0.05) is 103 Å². The van der Waals surface area contributed by atoms with Crippen LogP contribution in [0.4, 0.5) is 0 Å². The summed E-state index contributed by atoms with van der Waals surface area (Å²) in [7, 11) is 0. The molecule has 186 valence electrons. The van der Waals surface area contributed by atoms with Gasteiger partial charge in [0.05, 0.1) is 28.1 Å². The van der Waals surface area contributed by atoms with Gasteiger partial charge in [0, 0.05) is 33.7 Å². The van der Waals surface area contributed by atoms with Crippen LogP contribution in [0.5, 0.6) is 0 Å². The van der Waals surface area contributed by atoms with Gasteiger partial charge < -0.3 is 0 Å². The molecule has 8 aromatic rings. The summed E-state index contributed by atoms with van der Waals surface area (Å²) >= 11 is 0. The number of pyridine rings is 3. The minimum absolute atomic E-state index is 0.903. The highest BCUT2D eigenvalue weighted by Crippen LogP contribution is 2.36. The molecule has 3 aromatic heterocycles. The second-order valence-corrected chi connectivity index (χ2v) is 10.1. The zero-order valence-corrected chi connectivity index (χ0v) is 21.6. The van der Waals surface area contributed by atoms with Gasteiger partial charge in [-0.15, -0.1) is 0 Å². The van der Waals surface area contributed by atoms with E-state index < -0.39 is 0 Å². The van der Waals surface area contributed by atoms with Crippen molar-refractivity contribution in [3.8, 4) is 33.8 Å². The molecule has 0 atom stereocenters. The maximum Gasteiger partial charge on any atom is 0.0972 e. The van der Waals surface area contributed by atoms with Crippen LogP contribution in [0, 0.1) is 0 Å². The Morgan fingerprint density at radius 1 is 0.375 bits per heavy atom. The van der Waals surface area contributed by atoms with Crippen molar-refractivity contribution in [2.24, 2.45) is 0 Å². The lowest BCUT2D eigenvalue weighted by Gasteiger charge is -2.12. The Morgan fingerprint density at radius 3 is 1.80 bits per heavy atom. The van der Waals surface area contributed by atoms with E-state index in [-0.39, 0.29) is 0 Å². The van der Waals surface area contributed by atoms with Crippen LogP contribution in [0.15, 0.2) is 140 Å². The molecule has 0 aliphatic carbocycles. The third-order valence-corrected chi connectivity index (χ3v) is 7.69. The molecule has 0 saturated heterocycles. The predicted octanol–water partition coefficient (Wildman–Crippen LogP) is 9.49. The molecule has 0 aliphatic rings. The highest BCUT2D eigenvalue weighted by Gasteiger charge is 2.13. The third kappa shape index (κ3) is 3.71. The van der Waals surface area contributed by atoms with E-state index in [4.69, 9.17) is 9.97 Å². The van der Waals surface area contributed by atoms with E-state index in [0.29, 0.717) is 0 Å². The minimum Gasteiger partial charge on any atom is -0.256 e. The molecule has 5 aromatic carbocycles. The second kappa shape index (κ2) is 9.11. The number of rotatable bonds is 3. The average molecular weight is 510 g/mol. The van der Waals surface area contributed by atoms with Gasteiger partial charge in [-0.05, 0) is 51.9 Å². The third-order valence-electron chi connectivity index (χ3n) is 7.69. The van der Waals surface area contributed by atoms with Crippen molar-refractivity contribution < 1.29 is 0 Å². The van der Waals surface area contributed by atoms with Crippen LogP contribution in [0.25, 0.3) is 77.1 Å². The van der Waals surface area contributed by atoms with Gasteiger partial charge in [-0.3, -0.25) is 4.98 Å². The van der Waals surface area contributed by atoms with Gasteiger partial charge in [0.2, 0.25) is 0 Å². The van der Waals surface area contributed by atoms with Gasteiger partial charge in [0.1, 0.15) is 0 Å². The molecule has 0 aliphatic heterocycles. The van der Waals surface area contributed by atoms with Crippen molar-refractivity contribution in [2.75, 3.05) is 0 Å². The molecule has 0 saturated carbocycles. The quantitative estimate of drug-likeness (QED) is 0.223. The van der Waals surface area contributed by atoms with Crippen molar-refractivity contribution in [2.45, 2.75) is 0 Å². The van der Waals surface area contributed by atoms with E-state index in [1.54, 1.807) is 0 Å². The number of fused-ring (bicyclic) bond motifs is 6. The van der Waals surface area contributed by atoms with Crippen molar-refractivity contribution in [1.82, 2.24) is 15.0 Å². The molecule has 8 rings (SSSR count). The first-order chi connectivity index (χ1) is 19.8. The molecule has 3 heterocycles. The maximum absolute atomic E-state index is 5.26. The van der Waals surface area contributed by atoms with E-state index in [9.17, 15) is 0 Å². The highest BCUT2D eigenvalue weighted by atomic mass is 14.8. The van der Waals surface area contributed by atoms with E-state index >= 15 is 0 Å². The normalized spacial score (nSPS) is 11.5. The Labute approximate surface area is 231 Å². The number of benzene rings is 5. The largest absolute Gasteiger partial charge is 0.256 e. The number of nitrogens with zero attached hydrogens (tertiary/aromatic N) is 3. The molecule has 0 bridgehead atoms. The zero-order chi connectivity index (χ0) is 26.5. The minimum atomic E-state index is 0.903. The molecule has 0 unspecified atom stereocenters. The van der Waals surface area contributed by atoms with Crippen LogP contribution in [0.3, 0.4) is 0 Å². The Bertz CT molecular complexity index is 2220. The fraction of sp³-hybridized carbons (Fsp3) is 0. The summed E-state index contributed by atoms with van der Waals surface area (Å²) in [6, 6.07) is 46.6. The van der Waals surface area contributed by atoms with Crippen LogP contribution in [0.2, 0.25) is 0 Å². The Kier molecular flexibility index (Phi) is 5.14. The van der Waals surface area contributed by atoms with Crippen molar-refractivity contribution >= 4 is 43.4 Å². The number of hydrogen-bond acceptors (Lipinski definition) is 3. The maximum atomic E-state index is 5.26. The van der Waals surface area contributed by atoms with Crippen molar-refractivity contribution in [1.29, 1.82) is 0 Å². The van der Waals surface area contributed by atoms with E-state index in [1.807, 2.05) is 30.5 Å². The molecule has 0 spiro atoms. The van der Waals surface area contributed by atoms with Gasteiger partial charge in [0.25, 0.3) is 0 Å². The van der Waals surface area contributed by atoms with Crippen LogP contribution < -0.4 is 0 Å². The van der Waals surface area contributed by atoms with Gasteiger partial charge in [-0.2, -0.15) is 0 Å². The summed E-state index contributed by atoms with van der Waals surface area (Å²) in [6.07, 6.45) is 1.85. The average Bonchev–Trinajstić information content (AvgIpc) is 3.04. The summed E-state index contributed by atoms with van der Waals surface area (Å²) in [5.74, 6) is 0. The molecule has 3 nitrogen and oxygen atoms in total. The Hall–Kier alpha value is -5.41. The second-order valence-electron chi connectivity index (χ2n) is 10.1.